The Bertz CT molecular complexity index is 416. The van der Waals surface area contributed by atoms with Crippen molar-refractivity contribution in [2.24, 2.45) is 0 Å². The summed E-state index contributed by atoms with van der Waals surface area (Å²) in [5.41, 5.74) is -0.408. The van der Waals surface area contributed by atoms with E-state index in [-0.39, 0.29) is 0 Å². The third-order valence-corrected chi connectivity index (χ3v) is 3.35. The average molecular weight is 262 g/mol. The highest BCUT2D eigenvalue weighted by Crippen LogP contribution is 2.16. The zero-order valence-electron chi connectivity index (χ0n) is 12.6. The number of aromatic nitrogens is 2. The highest BCUT2D eigenvalue weighted by Gasteiger charge is 2.22. The molecule has 0 saturated carbocycles. The Morgan fingerprint density at radius 3 is 2.84 bits per heavy atom. The molecular formula is C15H26N4. The molecule has 0 aliphatic rings. The quantitative estimate of drug-likeness (QED) is 0.783. The van der Waals surface area contributed by atoms with Crippen LogP contribution in [-0.2, 0) is 6.54 Å². The molecule has 0 bridgehead atoms. The topological polar surface area (TPSA) is 53.6 Å². The van der Waals surface area contributed by atoms with Crippen molar-refractivity contribution in [3.8, 4) is 6.07 Å². The number of imidazole rings is 1. The van der Waals surface area contributed by atoms with Gasteiger partial charge in [0.1, 0.15) is 11.4 Å². The van der Waals surface area contributed by atoms with Gasteiger partial charge in [-0.15, -0.1) is 0 Å². The molecule has 1 aromatic heterocycles. The maximum atomic E-state index is 9.28. The monoisotopic (exact) mass is 262 g/mol. The lowest BCUT2D eigenvalue weighted by Gasteiger charge is -2.23. The summed E-state index contributed by atoms with van der Waals surface area (Å²) in [4.78, 5) is 4.38. The van der Waals surface area contributed by atoms with Gasteiger partial charge in [0, 0.05) is 24.9 Å². The molecule has 1 aromatic rings. The SMILES string of the molecule is CCCNC(C)(C#N)CCCn1ccnc1C(C)C. The molecule has 0 aliphatic carbocycles. The first-order chi connectivity index (χ1) is 9.02. The number of hydrogen-bond donors (Lipinski definition) is 1. The molecule has 1 rings (SSSR count). The van der Waals surface area contributed by atoms with Crippen LogP contribution in [0.3, 0.4) is 0 Å². The van der Waals surface area contributed by atoms with Gasteiger partial charge in [-0.3, -0.25) is 5.32 Å². The highest BCUT2D eigenvalue weighted by molar-refractivity contribution is 5.04. The number of rotatable bonds is 8. The van der Waals surface area contributed by atoms with Crippen molar-refractivity contribution >= 4 is 0 Å². The lowest BCUT2D eigenvalue weighted by Crippen LogP contribution is -2.41. The number of hydrogen-bond acceptors (Lipinski definition) is 3. The Morgan fingerprint density at radius 1 is 1.53 bits per heavy atom. The van der Waals surface area contributed by atoms with Crippen molar-refractivity contribution in [1.82, 2.24) is 14.9 Å². The molecule has 4 heteroatoms. The van der Waals surface area contributed by atoms with Crippen LogP contribution in [0.25, 0.3) is 0 Å². The Labute approximate surface area is 116 Å². The predicted octanol–water partition coefficient (Wildman–Crippen LogP) is 3.07. The minimum Gasteiger partial charge on any atom is -0.335 e. The molecule has 1 N–H and O–H groups in total. The van der Waals surface area contributed by atoms with Gasteiger partial charge < -0.3 is 4.57 Å². The van der Waals surface area contributed by atoms with E-state index >= 15 is 0 Å². The molecule has 0 aliphatic heterocycles. The maximum absolute atomic E-state index is 9.28. The first-order valence-corrected chi connectivity index (χ1v) is 7.19. The first-order valence-electron chi connectivity index (χ1n) is 7.19. The average Bonchev–Trinajstić information content (AvgIpc) is 2.85. The van der Waals surface area contributed by atoms with Crippen molar-refractivity contribution in [3.63, 3.8) is 0 Å². The Kier molecular flexibility index (Phi) is 6.04. The lowest BCUT2D eigenvalue weighted by atomic mass is 9.97. The van der Waals surface area contributed by atoms with E-state index < -0.39 is 5.54 Å². The van der Waals surface area contributed by atoms with E-state index in [1.165, 1.54) is 0 Å². The Morgan fingerprint density at radius 2 is 2.26 bits per heavy atom. The minimum absolute atomic E-state index is 0.408. The summed E-state index contributed by atoms with van der Waals surface area (Å²) in [6.07, 6.45) is 6.78. The molecule has 4 nitrogen and oxygen atoms in total. The number of nitriles is 1. The molecule has 1 unspecified atom stereocenters. The van der Waals surface area contributed by atoms with Gasteiger partial charge in [-0.1, -0.05) is 20.8 Å². The van der Waals surface area contributed by atoms with Gasteiger partial charge in [0.15, 0.2) is 0 Å². The molecule has 0 spiro atoms. The highest BCUT2D eigenvalue weighted by atomic mass is 15.1. The summed E-state index contributed by atoms with van der Waals surface area (Å²) in [7, 11) is 0. The van der Waals surface area contributed by atoms with Crippen LogP contribution in [0, 0.1) is 11.3 Å². The van der Waals surface area contributed by atoms with Gasteiger partial charge >= 0.3 is 0 Å². The van der Waals surface area contributed by atoms with Crippen molar-refractivity contribution < 1.29 is 0 Å². The van der Waals surface area contributed by atoms with E-state index in [0.29, 0.717) is 5.92 Å². The predicted molar refractivity (Wildman–Crippen MR) is 77.9 cm³/mol. The van der Waals surface area contributed by atoms with E-state index in [4.69, 9.17) is 0 Å². The minimum atomic E-state index is -0.408. The second kappa shape index (κ2) is 7.30. The van der Waals surface area contributed by atoms with E-state index in [2.05, 4.69) is 41.7 Å². The van der Waals surface area contributed by atoms with Gasteiger partial charge in [0.25, 0.3) is 0 Å². The lowest BCUT2D eigenvalue weighted by molar-refractivity contribution is 0.392. The standard InChI is InChI=1S/C15H26N4/c1-5-8-18-15(4,12-16)7-6-10-19-11-9-17-14(19)13(2)3/h9,11,13,18H,5-8,10H2,1-4H3. The van der Waals surface area contributed by atoms with E-state index in [1.807, 2.05) is 19.3 Å². The van der Waals surface area contributed by atoms with Crippen molar-refractivity contribution in [2.45, 2.75) is 65.0 Å². The molecule has 0 saturated heterocycles. The van der Waals surface area contributed by atoms with Gasteiger partial charge in [0.2, 0.25) is 0 Å². The van der Waals surface area contributed by atoms with Crippen LogP contribution in [0.5, 0.6) is 0 Å². The Hall–Kier alpha value is -1.34. The van der Waals surface area contributed by atoms with Crippen LogP contribution in [0.1, 0.15) is 58.7 Å². The van der Waals surface area contributed by atoms with Crippen LogP contribution >= 0.6 is 0 Å². The summed E-state index contributed by atoms with van der Waals surface area (Å²) < 4.78 is 2.20. The van der Waals surface area contributed by atoms with E-state index in [0.717, 1.165) is 38.2 Å². The molecule has 0 amide bonds. The van der Waals surface area contributed by atoms with Crippen LogP contribution in [0.15, 0.2) is 12.4 Å². The number of aryl methyl sites for hydroxylation is 1. The molecule has 1 atom stereocenters. The van der Waals surface area contributed by atoms with Crippen LogP contribution < -0.4 is 5.32 Å². The first kappa shape index (κ1) is 15.7. The molecule has 19 heavy (non-hydrogen) atoms. The fraction of sp³-hybridized carbons (Fsp3) is 0.733. The zero-order chi connectivity index (χ0) is 14.3. The van der Waals surface area contributed by atoms with Crippen LogP contribution in [-0.4, -0.2) is 21.6 Å². The van der Waals surface area contributed by atoms with Gasteiger partial charge in [-0.05, 0) is 32.7 Å². The molecule has 0 aromatic carbocycles. The maximum Gasteiger partial charge on any atom is 0.111 e. The van der Waals surface area contributed by atoms with E-state index in [1.54, 1.807) is 0 Å². The molecule has 1 heterocycles. The molecular weight excluding hydrogens is 236 g/mol. The van der Waals surface area contributed by atoms with Crippen molar-refractivity contribution in [1.29, 1.82) is 5.26 Å². The van der Waals surface area contributed by atoms with Gasteiger partial charge in [0.05, 0.1) is 6.07 Å². The number of nitrogens with zero attached hydrogens (tertiary/aromatic N) is 3. The fourth-order valence-corrected chi connectivity index (χ4v) is 2.20. The summed E-state index contributed by atoms with van der Waals surface area (Å²) in [5, 5.41) is 12.6. The van der Waals surface area contributed by atoms with Crippen LogP contribution in [0.4, 0.5) is 0 Å². The number of nitrogens with one attached hydrogen (secondary N) is 1. The van der Waals surface area contributed by atoms with Crippen molar-refractivity contribution in [3.05, 3.63) is 18.2 Å². The van der Waals surface area contributed by atoms with Gasteiger partial charge in [-0.2, -0.15) is 5.26 Å². The largest absolute Gasteiger partial charge is 0.335 e. The van der Waals surface area contributed by atoms with E-state index in [9.17, 15) is 5.26 Å². The fourth-order valence-electron chi connectivity index (χ4n) is 2.20. The Balaban J connectivity index is 2.48. The molecule has 106 valence electrons. The molecule has 0 radical (unpaired) electrons. The second-order valence-electron chi connectivity index (χ2n) is 5.61. The third-order valence-electron chi connectivity index (χ3n) is 3.35. The van der Waals surface area contributed by atoms with Crippen LogP contribution in [0.2, 0.25) is 0 Å². The smallest absolute Gasteiger partial charge is 0.111 e. The van der Waals surface area contributed by atoms with Gasteiger partial charge in [-0.25, -0.2) is 4.98 Å². The summed E-state index contributed by atoms with van der Waals surface area (Å²) in [6.45, 7) is 10.2. The third kappa shape index (κ3) is 4.68. The summed E-state index contributed by atoms with van der Waals surface area (Å²) in [5.74, 6) is 1.57. The molecule has 0 fully saturated rings. The second-order valence-corrected chi connectivity index (χ2v) is 5.61. The summed E-state index contributed by atoms with van der Waals surface area (Å²) >= 11 is 0. The van der Waals surface area contributed by atoms with Crippen molar-refractivity contribution in [2.75, 3.05) is 6.54 Å². The normalized spacial score (nSPS) is 14.3. The summed E-state index contributed by atoms with van der Waals surface area (Å²) in [6, 6.07) is 2.39. The zero-order valence-corrected chi connectivity index (χ0v) is 12.6.